The minimum Gasteiger partial charge on any atom is -0.456 e. The molecule has 0 saturated carbocycles. The summed E-state index contributed by atoms with van der Waals surface area (Å²) in [6, 6.07) is 8.47. The predicted molar refractivity (Wildman–Crippen MR) is 158 cm³/mol. The fourth-order valence-electron chi connectivity index (χ4n) is 3.76. The number of allylic oxidation sites excluding steroid dienone is 2. The van der Waals surface area contributed by atoms with Crippen molar-refractivity contribution >= 4 is 51.9 Å². The standard InChI is InChI=1S/C29H34N4O6S2/c1-4-21-27(36)33-26(18(2)3)29(38)39-20(12-8-9-13-40-25(35)14-19-10-6-5-7-11-19)15-23(34)30-16-24-31-22(17-41-24)28(37)32-21/h4-8,10-12,17-18,20,26H,9,13-16H2,1-3H3,(H,30,34)(H,32,37)(H,33,36). The lowest BCUT2D eigenvalue weighted by molar-refractivity contribution is -0.153. The molecule has 1 aliphatic rings. The number of ether oxygens (including phenoxy) is 1. The zero-order chi connectivity index (χ0) is 29.8. The predicted octanol–water partition coefficient (Wildman–Crippen LogP) is 3.30. The van der Waals surface area contributed by atoms with Crippen molar-refractivity contribution in [2.75, 3.05) is 5.75 Å². The van der Waals surface area contributed by atoms with Crippen molar-refractivity contribution in [3.05, 3.63) is 75.9 Å². The number of esters is 1. The van der Waals surface area contributed by atoms with Crippen LogP contribution in [0.4, 0.5) is 0 Å². The Morgan fingerprint density at radius 3 is 2.63 bits per heavy atom. The van der Waals surface area contributed by atoms with Crippen LogP contribution in [0.3, 0.4) is 0 Å². The zero-order valence-corrected chi connectivity index (χ0v) is 24.8. The number of carbonyl (C=O) groups is 5. The van der Waals surface area contributed by atoms with Gasteiger partial charge in [0.1, 0.15) is 28.5 Å². The van der Waals surface area contributed by atoms with Gasteiger partial charge in [0.25, 0.3) is 11.8 Å². The van der Waals surface area contributed by atoms with E-state index >= 15 is 0 Å². The van der Waals surface area contributed by atoms with E-state index in [9.17, 15) is 24.0 Å². The van der Waals surface area contributed by atoms with Crippen molar-refractivity contribution < 1.29 is 28.7 Å². The fraction of sp³-hybridized carbons (Fsp3) is 0.379. The summed E-state index contributed by atoms with van der Waals surface area (Å²) in [5.41, 5.74) is 1.03. The van der Waals surface area contributed by atoms with Crippen molar-refractivity contribution in [3.63, 3.8) is 0 Å². The SMILES string of the molecule is CC=C1NC(=O)c2csc(n2)CNC(=O)CC(C=CCCSC(=O)Cc2ccccc2)OC(=O)C(C(C)C)NC1=O. The molecule has 218 valence electrons. The summed E-state index contributed by atoms with van der Waals surface area (Å²) in [4.78, 5) is 67.9. The summed E-state index contributed by atoms with van der Waals surface area (Å²) in [6.07, 6.45) is 4.65. The highest BCUT2D eigenvalue weighted by atomic mass is 32.2. The molecule has 0 radical (unpaired) electrons. The molecule has 0 aliphatic carbocycles. The van der Waals surface area contributed by atoms with Crippen LogP contribution in [0.15, 0.2) is 59.6 Å². The van der Waals surface area contributed by atoms with Crippen molar-refractivity contribution in [1.82, 2.24) is 20.9 Å². The van der Waals surface area contributed by atoms with Crippen LogP contribution in [0, 0.1) is 5.92 Å². The maximum absolute atomic E-state index is 13.1. The number of benzene rings is 1. The summed E-state index contributed by atoms with van der Waals surface area (Å²) >= 11 is 2.42. The maximum Gasteiger partial charge on any atom is 0.329 e. The number of thioether (sulfide) groups is 1. The monoisotopic (exact) mass is 598 g/mol. The molecule has 3 rings (SSSR count). The van der Waals surface area contributed by atoms with E-state index in [-0.39, 0.29) is 41.3 Å². The first-order valence-corrected chi connectivity index (χ1v) is 15.1. The molecule has 1 aliphatic heterocycles. The molecule has 0 saturated heterocycles. The van der Waals surface area contributed by atoms with E-state index in [1.807, 2.05) is 30.3 Å². The minimum absolute atomic E-state index is 0.0286. The van der Waals surface area contributed by atoms with Crippen LogP contribution in [0.25, 0.3) is 0 Å². The molecule has 2 aromatic rings. The number of thiazole rings is 1. The fourth-order valence-corrected chi connectivity index (χ4v) is 5.23. The molecule has 3 N–H and O–H groups in total. The third-order valence-corrected chi connectivity index (χ3v) is 7.71. The van der Waals surface area contributed by atoms with E-state index < -0.39 is 29.9 Å². The average molecular weight is 599 g/mol. The minimum atomic E-state index is -1.03. The highest BCUT2D eigenvalue weighted by molar-refractivity contribution is 8.13. The lowest BCUT2D eigenvalue weighted by Gasteiger charge is -2.24. The summed E-state index contributed by atoms with van der Waals surface area (Å²) in [5.74, 6) is -2.13. The van der Waals surface area contributed by atoms with Crippen molar-refractivity contribution in [3.8, 4) is 0 Å². The van der Waals surface area contributed by atoms with Crippen molar-refractivity contribution in [2.45, 2.75) is 58.7 Å². The number of carbonyl (C=O) groups excluding carboxylic acids is 5. The molecule has 3 amide bonds. The van der Waals surface area contributed by atoms with Crippen LogP contribution in [-0.2, 0) is 36.9 Å². The van der Waals surface area contributed by atoms with Gasteiger partial charge in [-0.15, -0.1) is 11.3 Å². The van der Waals surface area contributed by atoms with Gasteiger partial charge in [0.15, 0.2) is 5.12 Å². The van der Waals surface area contributed by atoms with Gasteiger partial charge in [0, 0.05) is 17.6 Å². The van der Waals surface area contributed by atoms with Crippen LogP contribution in [0.2, 0.25) is 0 Å². The van der Waals surface area contributed by atoms with Crippen LogP contribution < -0.4 is 16.0 Å². The molecule has 1 aromatic carbocycles. The van der Waals surface area contributed by atoms with Gasteiger partial charge in [0.2, 0.25) is 5.91 Å². The highest BCUT2D eigenvalue weighted by Gasteiger charge is 2.30. The second-order valence-electron chi connectivity index (χ2n) is 9.53. The van der Waals surface area contributed by atoms with Gasteiger partial charge in [0.05, 0.1) is 13.0 Å². The summed E-state index contributed by atoms with van der Waals surface area (Å²) in [6.45, 7) is 5.17. The van der Waals surface area contributed by atoms with Gasteiger partial charge >= 0.3 is 5.97 Å². The van der Waals surface area contributed by atoms with Gasteiger partial charge in [-0.1, -0.05) is 68.1 Å². The third-order valence-electron chi connectivity index (χ3n) is 5.95. The molecular weight excluding hydrogens is 564 g/mol. The zero-order valence-electron chi connectivity index (χ0n) is 23.2. The Bertz CT molecular complexity index is 1310. The number of nitrogens with zero attached hydrogens (tertiary/aromatic N) is 1. The van der Waals surface area contributed by atoms with E-state index in [0.717, 1.165) is 5.56 Å². The highest BCUT2D eigenvalue weighted by Crippen LogP contribution is 2.15. The number of amides is 3. The molecule has 2 bridgehead atoms. The van der Waals surface area contributed by atoms with Gasteiger partial charge in [-0.05, 0) is 30.9 Å². The molecule has 2 atom stereocenters. The average Bonchev–Trinajstić information content (AvgIpc) is 3.42. The van der Waals surface area contributed by atoms with Crippen LogP contribution in [0.1, 0.15) is 54.7 Å². The first-order valence-electron chi connectivity index (χ1n) is 13.2. The molecule has 12 heteroatoms. The third kappa shape index (κ3) is 10.3. The Morgan fingerprint density at radius 2 is 1.93 bits per heavy atom. The smallest absolute Gasteiger partial charge is 0.329 e. The van der Waals surface area contributed by atoms with Gasteiger partial charge in [-0.3, -0.25) is 19.2 Å². The van der Waals surface area contributed by atoms with E-state index in [1.54, 1.807) is 32.9 Å². The van der Waals surface area contributed by atoms with Crippen LogP contribution >= 0.6 is 23.1 Å². The largest absolute Gasteiger partial charge is 0.456 e. The Balaban J connectivity index is 1.70. The normalized spacial score (nSPS) is 20.0. The topological polar surface area (TPSA) is 144 Å². The van der Waals surface area contributed by atoms with Gasteiger partial charge < -0.3 is 20.7 Å². The summed E-state index contributed by atoms with van der Waals surface area (Å²) in [5, 5.41) is 9.99. The maximum atomic E-state index is 13.1. The first-order chi connectivity index (χ1) is 19.7. The Morgan fingerprint density at radius 1 is 1.17 bits per heavy atom. The molecule has 0 fully saturated rings. The number of cyclic esters (lactones) is 1. The Labute approximate surface area is 247 Å². The molecular formula is C29H34N4O6S2. The van der Waals surface area contributed by atoms with Gasteiger partial charge in [-0.25, -0.2) is 9.78 Å². The number of fused-ring (bicyclic) bond motifs is 2. The second kappa shape index (κ2) is 15.9. The summed E-state index contributed by atoms with van der Waals surface area (Å²) < 4.78 is 5.67. The number of rotatable bonds is 7. The Kier molecular flexibility index (Phi) is 12.3. The number of hydrogen-bond donors (Lipinski definition) is 3. The van der Waals surface area contributed by atoms with E-state index in [4.69, 9.17) is 4.74 Å². The van der Waals surface area contributed by atoms with E-state index in [1.165, 1.54) is 34.6 Å². The number of aromatic nitrogens is 1. The second-order valence-corrected chi connectivity index (χ2v) is 11.6. The van der Waals surface area contributed by atoms with E-state index in [2.05, 4.69) is 20.9 Å². The quantitative estimate of drug-likeness (QED) is 0.191. The molecule has 0 spiro atoms. The van der Waals surface area contributed by atoms with Crippen LogP contribution in [-0.4, -0.2) is 51.7 Å². The number of nitrogens with one attached hydrogen (secondary N) is 3. The molecule has 10 nitrogen and oxygen atoms in total. The van der Waals surface area contributed by atoms with Gasteiger partial charge in [-0.2, -0.15) is 0 Å². The first kappa shape index (κ1) is 31.8. The Hall–Kier alpha value is -3.77. The molecule has 1 aromatic heterocycles. The lowest BCUT2D eigenvalue weighted by atomic mass is 10.0. The molecule has 2 unspecified atom stereocenters. The molecule has 41 heavy (non-hydrogen) atoms. The molecule has 2 heterocycles. The van der Waals surface area contributed by atoms with Crippen molar-refractivity contribution in [2.24, 2.45) is 5.92 Å². The van der Waals surface area contributed by atoms with Crippen molar-refractivity contribution in [1.29, 1.82) is 0 Å². The number of hydrogen-bond acceptors (Lipinski definition) is 9. The lowest BCUT2D eigenvalue weighted by Crippen LogP contribution is -2.48. The van der Waals surface area contributed by atoms with E-state index in [0.29, 0.717) is 23.6 Å². The summed E-state index contributed by atoms with van der Waals surface area (Å²) in [7, 11) is 0. The van der Waals surface area contributed by atoms with Crippen LogP contribution in [0.5, 0.6) is 0 Å².